The number of hydrogen-bond donors (Lipinski definition) is 1. The maximum atomic E-state index is 13.2. The van der Waals surface area contributed by atoms with Gasteiger partial charge in [0.05, 0.1) is 17.3 Å². The fourth-order valence-electron chi connectivity index (χ4n) is 3.82. The number of nitrogens with one attached hydrogen (secondary N) is 1. The fraction of sp³-hybridized carbons (Fsp3) is 0.207. The summed E-state index contributed by atoms with van der Waals surface area (Å²) in [5.41, 5.74) is 4.00. The number of carbonyl (C=O) groups excluding carboxylic acids is 3. The Morgan fingerprint density at radius 2 is 1.61 bits per heavy atom. The van der Waals surface area contributed by atoms with Gasteiger partial charge < -0.3 is 14.2 Å². The predicted molar refractivity (Wildman–Crippen MR) is 148 cm³/mol. The molecule has 196 valence electrons. The number of aryl methyl sites for hydroxylation is 3. The molecular formula is C29H27BrN2O6. The average molecular weight is 579 g/mol. The zero-order valence-electron chi connectivity index (χ0n) is 21.5. The van der Waals surface area contributed by atoms with Crippen LogP contribution in [0.5, 0.6) is 17.2 Å². The van der Waals surface area contributed by atoms with Crippen molar-refractivity contribution in [3.05, 3.63) is 86.9 Å². The van der Waals surface area contributed by atoms with Gasteiger partial charge in [-0.15, -0.1) is 0 Å². The number of halogens is 1. The summed E-state index contributed by atoms with van der Waals surface area (Å²) in [5, 5.41) is 2.23. The zero-order valence-corrected chi connectivity index (χ0v) is 23.0. The average Bonchev–Trinajstić information content (AvgIpc) is 2.88. The van der Waals surface area contributed by atoms with Crippen LogP contribution in [0, 0.1) is 20.8 Å². The maximum Gasteiger partial charge on any atom is 0.335 e. The van der Waals surface area contributed by atoms with Gasteiger partial charge in [-0.2, -0.15) is 0 Å². The third-order valence-electron chi connectivity index (χ3n) is 6.03. The first-order valence-electron chi connectivity index (χ1n) is 11.9. The molecule has 4 amide bonds. The summed E-state index contributed by atoms with van der Waals surface area (Å²) in [6.45, 7) is 6.55. The fourth-order valence-corrected chi connectivity index (χ4v) is 4.40. The van der Waals surface area contributed by atoms with Crippen molar-refractivity contribution in [2.45, 2.75) is 20.8 Å². The van der Waals surface area contributed by atoms with Gasteiger partial charge in [0, 0.05) is 0 Å². The van der Waals surface area contributed by atoms with E-state index >= 15 is 0 Å². The van der Waals surface area contributed by atoms with Crippen LogP contribution in [0.25, 0.3) is 6.08 Å². The second-order valence-electron chi connectivity index (χ2n) is 8.77. The second kappa shape index (κ2) is 11.5. The molecule has 0 aromatic heterocycles. The van der Waals surface area contributed by atoms with Crippen molar-refractivity contribution in [1.82, 2.24) is 5.32 Å². The lowest BCUT2D eigenvalue weighted by atomic mass is 10.1. The molecule has 0 saturated carbocycles. The number of rotatable bonds is 8. The molecule has 0 atom stereocenters. The number of carbonyl (C=O) groups is 3. The molecule has 4 rings (SSSR count). The van der Waals surface area contributed by atoms with E-state index < -0.39 is 17.8 Å². The van der Waals surface area contributed by atoms with E-state index in [0.29, 0.717) is 33.8 Å². The second-order valence-corrected chi connectivity index (χ2v) is 9.62. The molecule has 0 spiro atoms. The van der Waals surface area contributed by atoms with Crippen LogP contribution in [0.3, 0.4) is 0 Å². The predicted octanol–water partition coefficient (Wildman–Crippen LogP) is 5.51. The Kier molecular flexibility index (Phi) is 8.16. The minimum atomic E-state index is -0.800. The molecule has 3 aromatic carbocycles. The molecule has 0 bridgehead atoms. The summed E-state index contributed by atoms with van der Waals surface area (Å²) in [6.07, 6.45) is 1.41. The number of benzene rings is 3. The van der Waals surface area contributed by atoms with E-state index in [9.17, 15) is 14.4 Å². The van der Waals surface area contributed by atoms with Crippen molar-refractivity contribution < 1.29 is 28.6 Å². The Hall–Kier alpha value is -4.11. The molecule has 1 aliphatic heterocycles. The quantitative estimate of drug-likeness (QED) is 0.215. The number of barbiturate groups is 1. The van der Waals surface area contributed by atoms with Crippen molar-refractivity contribution in [2.24, 2.45) is 0 Å². The Morgan fingerprint density at radius 1 is 0.895 bits per heavy atom. The first kappa shape index (κ1) is 26.9. The van der Waals surface area contributed by atoms with Gasteiger partial charge in [0.1, 0.15) is 24.5 Å². The molecule has 1 heterocycles. The molecule has 0 unspecified atom stereocenters. The van der Waals surface area contributed by atoms with Crippen molar-refractivity contribution in [2.75, 3.05) is 25.2 Å². The lowest BCUT2D eigenvalue weighted by molar-refractivity contribution is -0.122. The highest BCUT2D eigenvalue weighted by atomic mass is 79.9. The molecule has 8 nitrogen and oxygen atoms in total. The monoisotopic (exact) mass is 578 g/mol. The van der Waals surface area contributed by atoms with Gasteiger partial charge in [0.25, 0.3) is 11.8 Å². The van der Waals surface area contributed by atoms with E-state index in [-0.39, 0.29) is 12.2 Å². The number of methoxy groups -OCH3 is 1. The van der Waals surface area contributed by atoms with Crippen LogP contribution in [0.1, 0.15) is 22.3 Å². The largest absolute Gasteiger partial charge is 0.493 e. The number of nitrogens with zero attached hydrogens (tertiary/aromatic N) is 1. The summed E-state index contributed by atoms with van der Waals surface area (Å²) < 4.78 is 17.7. The van der Waals surface area contributed by atoms with Crippen molar-refractivity contribution >= 4 is 45.5 Å². The summed E-state index contributed by atoms with van der Waals surface area (Å²) in [4.78, 5) is 39.1. The van der Waals surface area contributed by atoms with Crippen molar-refractivity contribution in [3.8, 4) is 17.2 Å². The number of imide groups is 2. The van der Waals surface area contributed by atoms with Crippen LogP contribution < -0.4 is 24.4 Å². The summed E-state index contributed by atoms with van der Waals surface area (Å²) >= 11 is 3.49. The first-order chi connectivity index (χ1) is 18.2. The van der Waals surface area contributed by atoms with E-state index in [0.717, 1.165) is 21.8 Å². The first-order valence-corrected chi connectivity index (χ1v) is 12.7. The van der Waals surface area contributed by atoms with Gasteiger partial charge in [-0.05, 0) is 95.9 Å². The highest BCUT2D eigenvalue weighted by Crippen LogP contribution is 2.37. The number of amides is 4. The van der Waals surface area contributed by atoms with Crippen LogP contribution in [-0.4, -0.2) is 38.2 Å². The number of ether oxygens (including phenoxy) is 3. The molecule has 38 heavy (non-hydrogen) atoms. The van der Waals surface area contributed by atoms with Gasteiger partial charge >= 0.3 is 6.03 Å². The van der Waals surface area contributed by atoms with Gasteiger partial charge in [-0.3, -0.25) is 14.9 Å². The Morgan fingerprint density at radius 3 is 2.29 bits per heavy atom. The Labute approximate surface area is 229 Å². The van der Waals surface area contributed by atoms with Crippen LogP contribution in [0.15, 0.2) is 64.6 Å². The Balaban J connectivity index is 1.51. The minimum absolute atomic E-state index is 0.186. The SMILES string of the molecule is COc1cc(/C=C2\C(=O)NC(=O)N(c3ccc(C)cc3)C2=O)cc(Br)c1OCCOc1ccc(C)c(C)c1. The number of urea groups is 1. The third-order valence-corrected chi connectivity index (χ3v) is 6.62. The normalized spacial score (nSPS) is 14.5. The zero-order chi connectivity index (χ0) is 27.4. The molecule has 0 radical (unpaired) electrons. The summed E-state index contributed by atoms with van der Waals surface area (Å²) in [5.74, 6) is 0.115. The van der Waals surface area contributed by atoms with Crippen LogP contribution >= 0.6 is 15.9 Å². The molecule has 0 aliphatic carbocycles. The van der Waals surface area contributed by atoms with Gasteiger partial charge in [-0.1, -0.05) is 23.8 Å². The lowest BCUT2D eigenvalue weighted by Gasteiger charge is -2.26. The third kappa shape index (κ3) is 5.89. The lowest BCUT2D eigenvalue weighted by Crippen LogP contribution is -2.54. The van der Waals surface area contributed by atoms with Crippen LogP contribution in [0.4, 0.5) is 10.5 Å². The van der Waals surface area contributed by atoms with E-state index in [2.05, 4.69) is 21.2 Å². The standard InChI is InChI=1S/C29H27BrN2O6/c1-17-5-8-21(9-6-17)32-28(34)23(27(33)31-29(32)35)14-20-15-24(30)26(25(16-20)36-4)38-12-11-37-22-10-7-18(2)19(3)13-22/h5-10,13-16H,11-12H2,1-4H3,(H,31,33,35)/b23-14+. The number of anilines is 1. The van der Waals surface area contributed by atoms with E-state index in [1.54, 1.807) is 36.4 Å². The molecule has 3 aromatic rings. The molecule has 1 fully saturated rings. The molecule has 1 aliphatic rings. The van der Waals surface area contributed by atoms with Crippen molar-refractivity contribution in [3.63, 3.8) is 0 Å². The van der Waals surface area contributed by atoms with Gasteiger partial charge in [-0.25, -0.2) is 9.69 Å². The van der Waals surface area contributed by atoms with Gasteiger partial charge in [0.2, 0.25) is 0 Å². The summed E-state index contributed by atoms with van der Waals surface area (Å²) in [6, 6.07) is 15.3. The van der Waals surface area contributed by atoms with Crippen molar-refractivity contribution in [1.29, 1.82) is 0 Å². The van der Waals surface area contributed by atoms with Crippen LogP contribution in [0.2, 0.25) is 0 Å². The smallest absolute Gasteiger partial charge is 0.335 e. The van der Waals surface area contributed by atoms with E-state index in [4.69, 9.17) is 14.2 Å². The minimum Gasteiger partial charge on any atom is -0.493 e. The maximum absolute atomic E-state index is 13.2. The molecule has 1 N–H and O–H groups in total. The van der Waals surface area contributed by atoms with Gasteiger partial charge in [0.15, 0.2) is 11.5 Å². The van der Waals surface area contributed by atoms with Crippen LogP contribution in [-0.2, 0) is 9.59 Å². The van der Waals surface area contributed by atoms with E-state index in [1.165, 1.54) is 18.7 Å². The topological polar surface area (TPSA) is 94.2 Å². The number of hydrogen-bond acceptors (Lipinski definition) is 6. The molecule has 9 heteroatoms. The van der Waals surface area contributed by atoms with E-state index in [1.807, 2.05) is 39.0 Å². The highest BCUT2D eigenvalue weighted by molar-refractivity contribution is 9.10. The highest BCUT2D eigenvalue weighted by Gasteiger charge is 2.36. The summed E-state index contributed by atoms with van der Waals surface area (Å²) in [7, 11) is 1.49. The Bertz CT molecular complexity index is 1430. The molecule has 1 saturated heterocycles. The molecular weight excluding hydrogens is 552 g/mol.